The Balaban J connectivity index is 2.28. The summed E-state index contributed by atoms with van der Waals surface area (Å²) in [7, 11) is 0. The summed E-state index contributed by atoms with van der Waals surface area (Å²) in [6.45, 7) is 2.75. The third-order valence-electron chi connectivity index (χ3n) is 1.33. The number of hydrogen-bond donors (Lipinski definition) is 1. The fourth-order valence-electron chi connectivity index (χ4n) is 0.886. The van der Waals surface area contributed by atoms with Gasteiger partial charge in [0.25, 0.3) is 0 Å². The molecule has 11 heavy (non-hydrogen) atoms. The van der Waals surface area contributed by atoms with E-state index < -0.39 is 18.5 Å². The number of primary amides is 1. The number of hydrogen-bond acceptors (Lipinski definition) is 4. The summed E-state index contributed by atoms with van der Waals surface area (Å²) in [5.41, 5.74) is 4.79. The Morgan fingerprint density at radius 2 is 2.18 bits per heavy atom. The van der Waals surface area contributed by atoms with E-state index in [0.29, 0.717) is 13.2 Å². The predicted molar refractivity (Wildman–Crippen MR) is 35.8 cm³/mol. The molecule has 64 valence electrons. The Labute approximate surface area is 64.4 Å². The molecule has 0 aromatic heterocycles. The van der Waals surface area contributed by atoms with Crippen molar-refractivity contribution in [1.29, 1.82) is 0 Å². The fraction of sp³-hybridized carbons (Fsp3) is 0.833. The van der Waals surface area contributed by atoms with Gasteiger partial charge in [-0.1, -0.05) is 0 Å². The van der Waals surface area contributed by atoms with E-state index in [2.05, 4.69) is 4.74 Å². The van der Waals surface area contributed by atoms with Crippen LogP contribution in [0.3, 0.4) is 0 Å². The maximum Gasteiger partial charge on any atom is 0.404 e. The van der Waals surface area contributed by atoms with Crippen LogP contribution in [0.15, 0.2) is 0 Å². The number of ether oxygens (including phenoxy) is 3. The molecule has 0 spiro atoms. The molecule has 1 aliphatic heterocycles. The van der Waals surface area contributed by atoms with Crippen LogP contribution in [0.25, 0.3) is 0 Å². The van der Waals surface area contributed by atoms with Gasteiger partial charge in [-0.15, -0.1) is 0 Å². The summed E-state index contributed by atoms with van der Waals surface area (Å²) in [5.74, 6) is 0. The van der Waals surface area contributed by atoms with Crippen LogP contribution in [0.1, 0.15) is 6.92 Å². The van der Waals surface area contributed by atoms with E-state index in [1.165, 1.54) is 0 Å². The summed E-state index contributed by atoms with van der Waals surface area (Å²) in [6.07, 6.45) is -1.70. The first-order valence-electron chi connectivity index (χ1n) is 3.39. The van der Waals surface area contributed by atoms with Crippen molar-refractivity contribution in [2.75, 3.05) is 13.2 Å². The lowest BCUT2D eigenvalue weighted by Gasteiger charge is -2.16. The Kier molecular flexibility index (Phi) is 2.67. The Bertz CT molecular complexity index is 144. The number of nitrogens with two attached hydrogens (primary N) is 1. The molecular formula is C6H11NO4. The standard InChI is InChI=1S/C6H11NO4/c1-4(11-6(7)8)5-9-2-3-10-5/h4-5H,2-3H2,1H3,(H2,7,8). The van der Waals surface area contributed by atoms with Crippen molar-refractivity contribution in [2.45, 2.75) is 19.3 Å². The Morgan fingerprint density at radius 3 is 2.64 bits per heavy atom. The normalized spacial score (nSPS) is 21.5. The lowest BCUT2D eigenvalue weighted by atomic mass is 10.4. The molecule has 0 aliphatic carbocycles. The van der Waals surface area contributed by atoms with E-state index in [0.717, 1.165) is 0 Å². The van der Waals surface area contributed by atoms with Crippen molar-refractivity contribution >= 4 is 6.09 Å². The molecule has 5 nitrogen and oxygen atoms in total. The van der Waals surface area contributed by atoms with Gasteiger partial charge < -0.3 is 19.9 Å². The van der Waals surface area contributed by atoms with Gasteiger partial charge >= 0.3 is 6.09 Å². The van der Waals surface area contributed by atoms with Gasteiger partial charge in [-0.05, 0) is 6.92 Å². The van der Waals surface area contributed by atoms with Crippen LogP contribution in [-0.4, -0.2) is 31.7 Å². The lowest BCUT2D eigenvalue weighted by Crippen LogP contribution is -2.31. The first-order chi connectivity index (χ1) is 5.20. The first kappa shape index (κ1) is 8.29. The lowest BCUT2D eigenvalue weighted by molar-refractivity contribution is -0.114. The van der Waals surface area contributed by atoms with Crippen molar-refractivity contribution < 1.29 is 19.0 Å². The first-order valence-corrected chi connectivity index (χ1v) is 3.39. The van der Waals surface area contributed by atoms with Crippen molar-refractivity contribution in [1.82, 2.24) is 0 Å². The minimum Gasteiger partial charge on any atom is -0.441 e. The zero-order valence-corrected chi connectivity index (χ0v) is 6.28. The molecule has 5 heteroatoms. The predicted octanol–water partition coefficient (Wildman–Crippen LogP) is -0.157. The van der Waals surface area contributed by atoms with Crippen LogP contribution < -0.4 is 5.73 Å². The molecule has 1 aliphatic rings. The van der Waals surface area contributed by atoms with Crippen molar-refractivity contribution in [2.24, 2.45) is 5.73 Å². The summed E-state index contributed by atoms with van der Waals surface area (Å²) in [5, 5.41) is 0. The molecule has 1 rings (SSSR count). The molecule has 1 atom stereocenters. The molecule has 0 radical (unpaired) electrons. The number of carbonyl (C=O) groups excluding carboxylic acids is 1. The zero-order valence-electron chi connectivity index (χ0n) is 6.28. The van der Waals surface area contributed by atoms with Gasteiger partial charge in [0.05, 0.1) is 13.2 Å². The second-order valence-electron chi connectivity index (χ2n) is 2.25. The quantitative estimate of drug-likeness (QED) is 0.611. The molecule has 1 heterocycles. The SMILES string of the molecule is CC(OC(N)=O)C1OCCO1. The highest BCUT2D eigenvalue weighted by Gasteiger charge is 2.25. The van der Waals surface area contributed by atoms with E-state index in [9.17, 15) is 4.79 Å². The molecule has 1 unspecified atom stereocenters. The zero-order chi connectivity index (χ0) is 8.27. The summed E-state index contributed by atoms with van der Waals surface area (Å²) < 4.78 is 14.7. The van der Waals surface area contributed by atoms with E-state index in [4.69, 9.17) is 15.2 Å². The topological polar surface area (TPSA) is 70.8 Å². The molecule has 0 saturated carbocycles. The van der Waals surface area contributed by atoms with Crippen LogP contribution in [0.2, 0.25) is 0 Å². The van der Waals surface area contributed by atoms with Gasteiger partial charge in [-0.3, -0.25) is 0 Å². The Hall–Kier alpha value is -0.810. The van der Waals surface area contributed by atoms with Crippen LogP contribution in [0.5, 0.6) is 0 Å². The third-order valence-corrected chi connectivity index (χ3v) is 1.33. The third kappa shape index (κ3) is 2.36. The number of amides is 1. The fourth-order valence-corrected chi connectivity index (χ4v) is 0.886. The largest absolute Gasteiger partial charge is 0.441 e. The molecule has 0 aromatic rings. The van der Waals surface area contributed by atoms with Crippen molar-refractivity contribution in [3.63, 3.8) is 0 Å². The molecule has 1 saturated heterocycles. The second kappa shape index (κ2) is 3.54. The van der Waals surface area contributed by atoms with Gasteiger partial charge in [0.15, 0.2) is 12.4 Å². The second-order valence-corrected chi connectivity index (χ2v) is 2.25. The van der Waals surface area contributed by atoms with E-state index >= 15 is 0 Å². The summed E-state index contributed by atoms with van der Waals surface area (Å²) >= 11 is 0. The average molecular weight is 161 g/mol. The van der Waals surface area contributed by atoms with Gasteiger partial charge in [-0.25, -0.2) is 4.79 Å². The van der Waals surface area contributed by atoms with Crippen LogP contribution in [0.4, 0.5) is 4.79 Å². The van der Waals surface area contributed by atoms with E-state index in [-0.39, 0.29) is 0 Å². The summed E-state index contributed by atoms with van der Waals surface area (Å²) in [4.78, 5) is 10.3. The van der Waals surface area contributed by atoms with Gasteiger partial charge in [0.2, 0.25) is 0 Å². The van der Waals surface area contributed by atoms with Crippen LogP contribution in [0, 0.1) is 0 Å². The highest BCUT2D eigenvalue weighted by atomic mass is 16.7. The highest BCUT2D eigenvalue weighted by Crippen LogP contribution is 2.10. The van der Waals surface area contributed by atoms with E-state index in [1.54, 1.807) is 6.92 Å². The maximum absolute atomic E-state index is 10.3. The van der Waals surface area contributed by atoms with Gasteiger partial charge in [0, 0.05) is 0 Å². The number of rotatable bonds is 2. The van der Waals surface area contributed by atoms with Gasteiger partial charge in [-0.2, -0.15) is 0 Å². The molecule has 0 bridgehead atoms. The molecule has 1 amide bonds. The molecular weight excluding hydrogens is 150 g/mol. The smallest absolute Gasteiger partial charge is 0.404 e. The monoisotopic (exact) mass is 161 g/mol. The molecule has 0 aromatic carbocycles. The summed E-state index contributed by atoms with van der Waals surface area (Å²) in [6, 6.07) is 0. The molecule has 2 N–H and O–H groups in total. The minimum absolute atomic E-state index is 0.435. The number of carbonyl (C=O) groups is 1. The minimum atomic E-state index is -0.809. The van der Waals surface area contributed by atoms with Crippen molar-refractivity contribution in [3.05, 3.63) is 0 Å². The molecule has 1 fully saturated rings. The van der Waals surface area contributed by atoms with Crippen LogP contribution >= 0.6 is 0 Å². The van der Waals surface area contributed by atoms with Gasteiger partial charge in [0.1, 0.15) is 0 Å². The van der Waals surface area contributed by atoms with E-state index in [1.807, 2.05) is 0 Å². The van der Waals surface area contributed by atoms with Crippen molar-refractivity contribution in [3.8, 4) is 0 Å². The average Bonchev–Trinajstić information content (AvgIpc) is 2.35. The Morgan fingerprint density at radius 1 is 1.64 bits per heavy atom. The maximum atomic E-state index is 10.3. The van der Waals surface area contributed by atoms with Crippen LogP contribution in [-0.2, 0) is 14.2 Å². The highest BCUT2D eigenvalue weighted by molar-refractivity contribution is 5.64.